The first-order chi connectivity index (χ1) is 8.63. The van der Waals surface area contributed by atoms with Crippen molar-refractivity contribution in [1.29, 1.82) is 0 Å². The Balaban J connectivity index is 1.94. The van der Waals surface area contributed by atoms with Crippen LogP contribution in [0.4, 0.5) is 14.5 Å². The molecule has 5 heteroatoms. The zero-order chi connectivity index (χ0) is 13.1. The molecule has 0 heterocycles. The lowest BCUT2D eigenvalue weighted by atomic mass is 10.3. The van der Waals surface area contributed by atoms with Crippen LogP contribution in [0.15, 0.2) is 18.2 Å². The lowest BCUT2D eigenvalue weighted by Gasteiger charge is -2.20. The largest absolute Gasteiger partial charge is 0.374 e. The highest BCUT2D eigenvalue weighted by Crippen LogP contribution is 2.26. The van der Waals surface area contributed by atoms with Gasteiger partial charge in [-0.2, -0.15) is 0 Å². The van der Waals surface area contributed by atoms with Crippen LogP contribution in [0.25, 0.3) is 0 Å². The van der Waals surface area contributed by atoms with Crippen LogP contribution in [-0.4, -0.2) is 29.9 Å². The summed E-state index contributed by atoms with van der Waals surface area (Å²) in [5, 5.41) is 2.64. The van der Waals surface area contributed by atoms with Crippen molar-refractivity contribution < 1.29 is 13.6 Å². The molecule has 0 saturated heterocycles. The molecule has 98 valence electrons. The molecule has 0 bridgehead atoms. The van der Waals surface area contributed by atoms with Gasteiger partial charge in [-0.05, 0) is 31.9 Å². The van der Waals surface area contributed by atoms with Crippen molar-refractivity contribution in [2.75, 3.05) is 18.4 Å². The number of benzene rings is 1. The maximum atomic E-state index is 13.3. The average molecular weight is 254 g/mol. The van der Waals surface area contributed by atoms with Gasteiger partial charge in [-0.15, -0.1) is 0 Å². The lowest BCUT2D eigenvalue weighted by molar-refractivity contribution is -0.129. The molecule has 0 spiro atoms. The van der Waals surface area contributed by atoms with Gasteiger partial charge in [-0.3, -0.25) is 4.79 Å². The van der Waals surface area contributed by atoms with Gasteiger partial charge in [0.2, 0.25) is 5.91 Å². The van der Waals surface area contributed by atoms with Crippen LogP contribution in [0.1, 0.15) is 19.8 Å². The van der Waals surface area contributed by atoms with Gasteiger partial charge in [-0.1, -0.05) is 6.07 Å². The summed E-state index contributed by atoms with van der Waals surface area (Å²) in [5.74, 6) is -1.94. The second-order valence-corrected chi connectivity index (χ2v) is 4.37. The Kier molecular flexibility index (Phi) is 3.79. The van der Waals surface area contributed by atoms with E-state index in [9.17, 15) is 13.6 Å². The van der Waals surface area contributed by atoms with Crippen LogP contribution in [0.2, 0.25) is 0 Å². The molecule has 0 radical (unpaired) electrons. The van der Waals surface area contributed by atoms with Gasteiger partial charge in [0.05, 0.1) is 12.2 Å². The minimum absolute atomic E-state index is 0.00921. The maximum absolute atomic E-state index is 13.3. The summed E-state index contributed by atoms with van der Waals surface area (Å²) in [6.45, 7) is 2.56. The van der Waals surface area contributed by atoms with E-state index in [1.807, 2.05) is 6.92 Å². The normalized spacial score (nSPS) is 14.4. The number of halogens is 2. The highest BCUT2D eigenvalue weighted by Gasteiger charge is 2.31. The number of carbonyl (C=O) groups excluding carboxylic acids is 1. The molecule has 0 aliphatic heterocycles. The van der Waals surface area contributed by atoms with Crippen LogP contribution < -0.4 is 5.32 Å². The Bertz CT molecular complexity index is 447. The number of rotatable bonds is 5. The third-order valence-corrected chi connectivity index (χ3v) is 3.03. The van der Waals surface area contributed by atoms with Crippen LogP contribution >= 0.6 is 0 Å². The van der Waals surface area contributed by atoms with E-state index < -0.39 is 11.6 Å². The van der Waals surface area contributed by atoms with Crippen molar-refractivity contribution in [2.45, 2.75) is 25.8 Å². The Hall–Kier alpha value is -1.65. The van der Waals surface area contributed by atoms with E-state index in [4.69, 9.17) is 0 Å². The standard InChI is InChI=1S/C13H16F2N2O/c1-2-17(9-6-7-9)12(18)8-16-11-5-3-4-10(14)13(11)15/h3-5,9,16H,2,6-8H2,1H3. The van der Waals surface area contributed by atoms with Crippen molar-refractivity contribution in [1.82, 2.24) is 4.90 Å². The Morgan fingerprint density at radius 2 is 2.17 bits per heavy atom. The molecule has 1 saturated carbocycles. The fourth-order valence-corrected chi connectivity index (χ4v) is 1.94. The van der Waals surface area contributed by atoms with E-state index in [1.54, 1.807) is 4.90 Å². The van der Waals surface area contributed by atoms with Gasteiger partial charge < -0.3 is 10.2 Å². The molecule has 18 heavy (non-hydrogen) atoms. The minimum Gasteiger partial charge on any atom is -0.374 e. The van der Waals surface area contributed by atoms with Crippen molar-refractivity contribution in [3.05, 3.63) is 29.8 Å². The molecule has 0 aromatic heterocycles. The van der Waals surface area contributed by atoms with Crippen molar-refractivity contribution in [3.8, 4) is 0 Å². The Morgan fingerprint density at radius 3 is 2.78 bits per heavy atom. The number of anilines is 1. The zero-order valence-electron chi connectivity index (χ0n) is 10.2. The topological polar surface area (TPSA) is 32.3 Å². The van der Waals surface area contributed by atoms with Gasteiger partial charge in [-0.25, -0.2) is 8.78 Å². The van der Waals surface area contributed by atoms with E-state index >= 15 is 0 Å². The minimum atomic E-state index is -0.945. The number of hydrogen-bond donors (Lipinski definition) is 1. The second-order valence-electron chi connectivity index (χ2n) is 4.37. The second kappa shape index (κ2) is 5.33. The monoisotopic (exact) mass is 254 g/mol. The molecule has 1 aromatic carbocycles. The highest BCUT2D eigenvalue weighted by atomic mass is 19.2. The summed E-state index contributed by atoms with van der Waals surface area (Å²) in [6.07, 6.45) is 2.07. The SMILES string of the molecule is CCN(C(=O)CNc1cccc(F)c1F)C1CC1. The summed E-state index contributed by atoms with van der Waals surface area (Å²) in [4.78, 5) is 13.6. The molecular formula is C13H16F2N2O. The first-order valence-corrected chi connectivity index (χ1v) is 6.10. The molecule has 1 fully saturated rings. The third kappa shape index (κ3) is 2.78. The summed E-state index contributed by atoms with van der Waals surface area (Å²) in [7, 11) is 0. The molecular weight excluding hydrogens is 238 g/mol. The van der Waals surface area contributed by atoms with E-state index in [0.29, 0.717) is 12.6 Å². The van der Waals surface area contributed by atoms with Gasteiger partial charge in [0.15, 0.2) is 11.6 Å². The van der Waals surface area contributed by atoms with Gasteiger partial charge in [0, 0.05) is 12.6 Å². The van der Waals surface area contributed by atoms with Crippen LogP contribution in [-0.2, 0) is 4.79 Å². The lowest BCUT2D eigenvalue weighted by Crippen LogP contribution is -2.37. The fourth-order valence-electron chi connectivity index (χ4n) is 1.94. The summed E-state index contributed by atoms with van der Waals surface area (Å²) >= 11 is 0. The number of nitrogens with zero attached hydrogens (tertiary/aromatic N) is 1. The summed E-state index contributed by atoms with van der Waals surface area (Å²) in [6, 6.07) is 4.20. The van der Waals surface area contributed by atoms with Crippen molar-refractivity contribution in [2.24, 2.45) is 0 Å². The predicted molar refractivity (Wildman–Crippen MR) is 65.3 cm³/mol. The fraction of sp³-hybridized carbons (Fsp3) is 0.462. The Morgan fingerprint density at radius 1 is 1.44 bits per heavy atom. The molecule has 0 atom stereocenters. The number of likely N-dealkylation sites (N-methyl/N-ethyl adjacent to an activating group) is 1. The molecule has 1 N–H and O–H groups in total. The van der Waals surface area contributed by atoms with Gasteiger partial charge in [0.1, 0.15) is 0 Å². The van der Waals surface area contributed by atoms with Crippen LogP contribution in [0.3, 0.4) is 0 Å². The first-order valence-electron chi connectivity index (χ1n) is 6.10. The Labute approximate surface area is 105 Å². The molecule has 2 rings (SSSR count). The van der Waals surface area contributed by atoms with E-state index in [2.05, 4.69) is 5.32 Å². The summed E-state index contributed by atoms with van der Waals surface area (Å²) < 4.78 is 26.3. The molecule has 1 aliphatic carbocycles. The number of nitrogens with one attached hydrogen (secondary N) is 1. The first kappa shape index (κ1) is 12.8. The molecule has 1 aromatic rings. The molecule has 0 unspecified atom stereocenters. The smallest absolute Gasteiger partial charge is 0.242 e. The summed E-state index contributed by atoms with van der Waals surface area (Å²) in [5.41, 5.74) is 0.0233. The van der Waals surface area contributed by atoms with Gasteiger partial charge >= 0.3 is 0 Å². The highest BCUT2D eigenvalue weighted by molar-refractivity contribution is 5.81. The van der Waals surface area contributed by atoms with E-state index in [1.165, 1.54) is 12.1 Å². The number of hydrogen-bond acceptors (Lipinski definition) is 2. The van der Waals surface area contributed by atoms with E-state index in [0.717, 1.165) is 18.9 Å². The molecule has 3 nitrogen and oxygen atoms in total. The van der Waals surface area contributed by atoms with E-state index in [-0.39, 0.29) is 18.1 Å². The number of amides is 1. The predicted octanol–water partition coefficient (Wildman–Crippen LogP) is 2.39. The quantitative estimate of drug-likeness (QED) is 0.875. The maximum Gasteiger partial charge on any atom is 0.242 e. The number of carbonyl (C=O) groups is 1. The molecule has 1 aliphatic rings. The average Bonchev–Trinajstić information content (AvgIpc) is 3.16. The van der Waals surface area contributed by atoms with Gasteiger partial charge in [0.25, 0.3) is 0 Å². The van der Waals surface area contributed by atoms with Crippen molar-refractivity contribution >= 4 is 11.6 Å². The molecule has 1 amide bonds. The van der Waals surface area contributed by atoms with Crippen molar-refractivity contribution in [3.63, 3.8) is 0 Å². The zero-order valence-corrected chi connectivity index (χ0v) is 10.2. The van der Waals surface area contributed by atoms with Crippen LogP contribution in [0.5, 0.6) is 0 Å². The third-order valence-electron chi connectivity index (χ3n) is 3.03. The van der Waals surface area contributed by atoms with Crippen LogP contribution in [0, 0.1) is 11.6 Å².